The quantitative estimate of drug-likeness (QED) is 0.861. The Bertz CT molecular complexity index is 579. The second-order valence-corrected chi connectivity index (χ2v) is 4.50. The molecule has 1 aromatic heterocycles. The predicted octanol–water partition coefficient (Wildman–Crippen LogP) is 3.49. The van der Waals surface area contributed by atoms with Gasteiger partial charge in [-0.2, -0.15) is 5.10 Å². The van der Waals surface area contributed by atoms with Crippen LogP contribution in [0.25, 0.3) is 0 Å². The van der Waals surface area contributed by atoms with E-state index in [1.807, 2.05) is 20.0 Å². The lowest BCUT2D eigenvalue weighted by atomic mass is 10.2. The maximum Gasteiger partial charge on any atom is 0.196 e. The minimum atomic E-state index is -1.47. The third-order valence-corrected chi connectivity index (χ3v) is 2.70. The lowest BCUT2D eigenvalue weighted by Crippen LogP contribution is -2.04. The zero-order chi connectivity index (χ0) is 14.0. The molecule has 0 amide bonds. The summed E-state index contributed by atoms with van der Waals surface area (Å²) in [6.45, 7) is 4.26. The smallest absolute Gasteiger partial charge is 0.196 e. The summed E-state index contributed by atoms with van der Waals surface area (Å²) in [7, 11) is 0. The Balaban J connectivity index is 2.08. The summed E-state index contributed by atoms with van der Waals surface area (Å²) in [6.07, 6.45) is 3.46. The van der Waals surface area contributed by atoms with Crippen molar-refractivity contribution in [3.05, 3.63) is 47.5 Å². The Labute approximate surface area is 109 Å². The maximum absolute atomic E-state index is 13.4. The van der Waals surface area contributed by atoms with Crippen molar-refractivity contribution in [3.8, 4) is 0 Å². The maximum atomic E-state index is 13.4. The van der Waals surface area contributed by atoms with Crippen molar-refractivity contribution in [1.82, 2.24) is 9.78 Å². The van der Waals surface area contributed by atoms with E-state index in [1.54, 1.807) is 10.9 Å². The fourth-order valence-corrected chi connectivity index (χ4v) is 1.61. The molecule has 0 unspecified atom stereocenters. The van der Waals surface area contributed by atoms with E-state index in [2.05, 4.69) is 10.4 Å². The summed E-state index contributed by atoms with van der Waals surface area (Å²) >= 11 is 0. The molecule has 1 aromatic carbocycles. The van der Waals surface area contributed by atoms with Crippen LogP contribution in [0.5, 0.6) is 0 Å². The molecule has 0 spiro atoms. The molecule has 19 heavy (non-hydrogen) atoms. The summed E-state index contributed by atoms with van der Waals surface area (Å²) in [5.74, 6) is -3.88. The SMILES string of the molecule is CC(C)n1cc(CNc2ccc(F)c(F)c2F)cn1. The highest BCUT2D eigenvalue weighted by atomic mass is 19.2. The largest absolute Gasteiger partial charge is 0.378 e. The van der Waals surface area contributed by atoms with Gasteiger partial charge in [-0.15, -0.1) is 0 Å². The summed E-state index contributed by atoms with van der Waals surface area (Å²) in [5.41, 5.74) is 0.758. The molecule has 3 nitrogen and oxygen atoms in total. The van der Waals surface area contributed by atoms with Gasteiger partial charge in [-0.25, -0.2) is 13.2 Å². The molecule has 1 N–H and O–H groups in total. The average Bonchev–Trinajstić information content (AvgIpc) is 2.84. The van der Waals surface area contributed by atoms with Crippen LogP contribution in [0, 0.1) is 17.5 Å². The van der Waals surface area contributed by atoms with E-state index in [9.17, 15) is 13.2 Å². The second kappa shape index (κ2) is 5.34. The molecule has 102 valence electrons. The van der Waals surface area contributed by atoms with Gasteiger partial charge in [-0.05, 0) is 26.0 Å². The van der Waals surface area contributed by atoms with Gasteiger partial charge in [0.1, 0.15) is 0 Å². The third-order valence-electron chi connectivity index (χ3n) is 2.70. The van der Waals surface area contributed by atoms with E-state index in [-0.39, 0.29) is 18.3 Å². The Morgan fingerprint density at radius 3 is 2.58 bits per heavy atom. The number of rotatable bonds is 4. The number of nitrogens with one attached hydrogen (secondary N) is 1. The van der Waals surface area contributed by atoms with E-state index in [4.69, 9.17) is 0 Å². The van der Waals surface area contributed by atoms with Crippen LogP contribution < -0.4 is 5.32 Å². The lowest BCUT2D eigenvalue weighted by molar-refractivity contribution is 0.449. The summed E-state index contributed by atoms with van der Waals surface area (Å²) in [4.78, 5) is 0. The van der Waals surface area contributed by atoms with Crippen molar-refractivity contribution < 1.29 is 13.2 Å². The molecule has 0 bridgehead atoms. The van der Waals surface area contributed by atoms with Gasteiger partial charge >= 0.3 is 0 Å². The van der Waals surface area contributed by atoms with Gasteiger partial charge in [-0.3, -0.25) is 4.68 Å². The van der Waals surface area contributed by atoms with E-state index in [0.29, 0.717) is 0 Å². The first-order valence-corrected chi connectivity index (χ1v) is 5.89. The highest BCUT2D eigenvalue weighted by molar-refractivity contribution is 5.45. The molecule has 2 aromatic rings. The first-order chi connectivity index (χ1) is 8.99. The van der Waals surface area contributed by atoms with Gasteiger partial charge in [-0.1, -0.05) is 0 Å². The van der Waals surface area contributed by atoms with E-state index < -0.39 is 17.5 Å². The highest BCUT2D eigenvalue weighted by Gasteiger charge is 2.13. The fourth-order valence-electron chi connectivity index (χ4n) is 1.61. The lowest BCUT2D eigenvalue weighted by Gasteiger charge is -2.07. The van der Waals surface area contributed by atoms with Crippen LogP contribution >= 0.6 is 0 Å². The zero-order valence-corrected chi connectivity index (χ0v) is 10.6. The Hall–Kier alpha value is -1.98. The van der Waals surface area contributed by atoms with Crippen molar-refractivity contribution in [3.63, 3.8) is 0 Å². The first-order valence-electron chi connectivity index (χ1n) is 5.89. The summed E-state index contributed by atoms with van der Waals surface area (Å²) in [6, 6.07) is 2.28. The average molecular weight is 269 g/mol. The van der Waals surface area contributed by atoms with Crippen LogP contribution in [0.2, 0.25) is 0 Å². The molecular weight excluding hydrogens is 255 g/mol. The van der Waals surface area contributed by atoms with Crippen LogP contribution in [-0.4, -0.2) is 9.78 Å². The topological polar surface area (TPSA) is 29.9 Å². The number of anilines is 1. The van der Waals surface area contributed by atoms with Crippen molar-refractivity contribution in [2.45, 2.75) is 26.4 Å². The number of benzene rings is 1. The molecule has 0 radical (unpaired) electrons. The van der Waals surface area contributed by atoms with E-state index in [0.717, 1.165) is 11.6 Å². The molecule has 0 saturated carbocycles. The van der Waals surface area contributed by atoms with Gasteiger partial charge in [0.25, 0.3) is 0 Å². The molecule has 0 aliphatic rings. The molecule has 0 saturated heterocycles. The van der Waals surface area contributed by atoms with Crippen LogP contribution in [0.4, 0.5) is 18.9 Å². The molecule has 0 atom stereocenters. The molecule has 0 aliphatic heterocycles. The predicted molar refractivity (Wildman–Crippen MR) is 66.3 cm³/mol. The zero-order valence-electron chi connectivity index (χ0n) is 10.6. The molecule has 0 fully saturated rings. The number of aromatic nitrogens is 2. The van der Waals surface area contributed by atoms with Crippen LogP contribution in [-0.2, 0) is 6.54 Å². The van der Waals surface area contributed by atoms with Gasteiger partial charge < -0.3 is 5.32 Å². The Kier molecular flexibility index (Phi) is 3.78. The molecular formula is C13H14F3N3. The number of nitrogens with zero attached hydrogens (tertiary/aromatic N) is 2. The van der Waals surface area contributed by atoms with Crippen LogP contribution in [0.1, 0.15) is 25.5 Å². The number of hydrogen-bond acceptors (Lipinski definition) is 2. The van der Waals surface area contributed by atoms with E-state index >= 15 is 0 Å². The van der Waals surface area contributed by atoms with Crippen molar-refractivity contribution >= 4 is 5.69 Å². The van der Waals surface area contributed by atoms with Gasteiger partial charge in [0.15, 0.2) is 17.5 Å². The van der Waals surface area contributed by atoms with Crippen molar-refractivity contribution in [2.24, 2.45) is 0 Å². The molecule has 1 heterocycles. The second-order valence-electron chi connectivity index (χ2n) is 4.50. The molecule has 0 aliphatic carbocycles. The Morgan fingerprint density at radius 2 is 1.95 bits per heavy atom. The summed E-state index contributed by atoms with van der Waals surface area (Å²) < 4.78 is 40.9. The number of halogens is 3. The third kappa shape index (κ3) is 2.89. The highest BCUT2D eigenvalue weighted by Crippen LogP contribution is 2.20. The molecule has 2 rings (SSSR count). The van der Waals surface area contributed by atoms with Gasteiger partial charge in [0.05, 0.1) is 11.9 Å². The normalized spacial score (nSPS) is 11.1. The van der Waals surface area contributed by atoms with Crippen LogP contribution in [0.15, 0.2) is 24.5 Å². The fraction of sp³-hybridized carbons (Fsp3) is 0.308. The van der Waals surface area contributed by atoms with Crippen LogP contribution in [0.3, 0.4) is 0 Å². The van der Waals surface area contributed by atoms with E-state index in [1.165, 1.54) is 6.07 Å². The Morgan fingerprint density at radius 1 is 1.21 bits per heavy atom. The standard InChI is InChI=1S/C13H14F3N3/c1-8(2)19-7-9(6-18-19)5-17-11-4-3-10(14)12(15)13(11)16/h3-4,6-8,17H,5H2,1-2H3. The van der Waals surface area contributed by atoms with Crippen molar-refractivity contribution in [2.75, 3.05) is 5.32 Å². The first kappa shape index (κ1) is 13.5. The molecule has 6 heteroatoms. The summed E-state index contributed by atoms with van der Waals surface area (Å²) in [5, 5.41) is 6.85. The number of hydrogen-bond donors (Lipinski definition) is 1. The van der Waals surface area contributed by atoms with Crippen molar-refractivity contribution in [1.29, 1.82) is 0 Å². The van der Waals surface area contributed by atoms with Gasteiger partial charge in [0.2, 0.25) is 0 Å². The monoisotopic (exact) mass is 269 g/mol. The van der Waals surface area contributed by atoms with Gasteiger partial charge in [0, 0.05) is 24.3 Å². The minimum Gasteiger partial charge on any atom is -0.378 e. The minimum absolute atomic E-state index is 0.0730.